The first-order valence-electron chi connectivity index (χ1n) is 6.89. The van der Waals surface area contributed by atoms with E-state index >= 15 is 0 Å². The molecule has 3 heteroatoms. The van der Waals surface area contributed by atoms with E-state index < -0.39 is 0 Å². The number of anilines is 1. The summed E-state index contributed by atoms with van der Waals surface area (Å²) in [4.78, 5) is 14.5. The Morgan fingerprint density at radius 1 is 1.39 bits per heavy atom. The van der Waals surface area contributed by atoms with Crippen LogP contribution in [0.15, 0.2) is 24.3 Å². The van der Waals surface area contributed by atoms with Gasteiger partial charge in [0, 0.05) is 25.3 Å². The van der Waals surface area contributed by atoms with Gasteiger partial charge in [0.05, 0.1) is 5.92 Å². The molecule has 1 amide bonds. The van der Waals surface area contributed by atoms with Crippen LogP contribution in [0.2, 0.25) is 0 Å². The Bertz CT molecular complexity index is 417. The second kappa shape index (κ2) is 5.89. The summed E-state index contributed by atoms with van der Waals surface area (Å²) in [6.45, 7) is 6.63. The van der Waals surface area contributed by atoms with Crippen LogP contribution in [0.5, 0.6) is 0 Å². The summed E-state index contributed by atoms with van der Waals surface area (Å²) < 4.78 is 0. The quantitative estimate of drug-likeness (QED) is 0.866. The Labute approximate surface area is 109 Å². The average Bonchev–Trinajstić information content (AvgIpc) is 2.83. The minimum absolute atomic E-state index is 0.00185. The van der Waals surface area contributed by atoms with E-state index in [9.17, 15) is 4.79 Å². The van der Waals surface area contributed by atoms with Gasteiger partial charge in [0.2, 0.25) is 5.91 Å². The maximum Gasteiger partial charge on any atom is 0.231 e. The fourth-order valence-corrected chi connectivity index (χ4v) is 2.50. The number of para-hydroxylation sites is 1. The molecule has 2 rings (SSSR count). The molecule has 1 heterocycles. The van der Waals surface area contributed by atoms with Gasteiger partial charge in [-0.25, -0.2) is 0 Å². The Morgan fingerprint density at radius 3 is 2.89 bits per heavy atom. The smallest absolute Gasteiger partial charge is 0.231 e. The molecule has 1 aliphatic rings. The van der Waals surface area contributed by atoms with E-state index in [1.165, 1.54) is 0 Å². The fraction of sp³-hybridized carbons (Fsp3) is 0.533. The number of hydrogen-bond donors (Lipinski definition) is 1. The summed E-state index contributed by atoms with van der Waals surface area (Å²) in [5.41, 5.74) is 2.26. The van der Waals surface area contributed by atoms with Crippen molar-refractivity contribution >= 4 is 11.6 Å². The molecule has 1 aromatic rings. The van der Waals surface area contributed by atoms with Crippen LogP contribution in [0.25, 0.3) is 0 Å². The molecule has 0 saturated carbocycles. The standard InChI is InChI=1S/C15H22N2O/c1-3-5-10-17(4-2)15(18)13-11-16-14-9-7-6-8-12(13)14/h6-9,13,16H,3-5,10-11H2,1-2H3. The predicted molar refractivity (Wildman–Crippen MR) is 74.8 cm³/mol. The number of unbranched alkanes of at least 4 members (excludes halogenated alkanes) is 1. The molecule has 1 N–H and O–H groups in total. The highest BCUT2D eigenvalue weighted by atomic mass is 16.2. The van der Waals surface area contributed by atoms with Crippen molar-refractivity contribution in [2.45, 2.75) is 32.6 Å². The van der Waals surface area contributed by atoms with Gasteiger partial charge in [-0.05, 0) is 25.0 Å². The van der Waals surface area contributed by atoms with Crippen molar-refractivity contribution in [3.05, 3.63) is 29.8 Å². The third-order valence-corrected chi connectivity index (χ3v) is 3.61. The lowest BCUT2D eigenvalue weighted by Crippen LogP contribution is -2.36. The summed E-state index contributed by atoms with van der Waals surface area (Å²) >= 11 is 0. The first-order chi connectivity index (χ1) is 8.77. The lowest BCUT2D eigenvalue weighted by atomic mass is 9.99. The first-order valence-corrected chi connectivity index (χ1v) is 6.89. The van der Waals surface area contributed by atoms with E-state index in [0.29, 0.717) is 0 Å². The van der Waals surface area contributed by atoms with Gasteiger partial charge in [0.25, 0.3) is 0 Å². The van der Waals surface area contributed by atoms with Crippen LogP contribution in [0.1, 0.15) is 38.2 Å². The third kappa shape index (κ3) is 2.50. The van der Waals surface area contributed by atoms with Gasteiger partial charge < -0.3 is 10.2 Å². The number of fused-ring (bicyclic) bond motifs is 1. The molecule has 1 unspecified atom stereocenters. The molecule has 98 valence electrons. The second-order valence-electron chi connectivity index (χ2n) is 4.79. The normalized spacial score (nSPS) is 17.1. The number of rotatable bonds is 5. The minimum atomic E-state index is -0.00185. The van der Waals surface area contributed by atoms with E-state index in [1.807, 2.05) is 23.1 Å². The number of benzene rings is 1. The average molecular weight is 246 g/mol. The highest BCUT2D eigenvalue weighted by Crippen LogP contribution is 2.32. The van der Waals surface area contributed by atoms with E-state index in [-0.39, 0.29) is 11.8 Å². The number of amides is 1. The minimum Gasteiger partial charge on any atom is -0.384 e. The maximum absolute atomic E-state index is 12.5. The van der Waals surface area contributed by atoms with Crippen LogP contribution < -0.4 is 5.32 Å². The zero-order valence-corrected chi connectivity index (χ0v) is 11.3. The monoisotopic (exact) mass is 246 g/mol. The van der Waals surface area contributed by atoms with Gasteiger partial charge in [-0.1, -0.05) is 31.5 Å². The van der Waals surface area contributed by atoms with Crippen molar-refractivity contribution in [1.29, 1.82) is 0 Å². The zero-order valence-electron chi connectivity index (χ0n) is 11.3. The van der Waals surface area contributed by atoms with Crippen molar-refractivity contribution in [3.63, 3.8) is 0 Å². The van der Waals surface area contributed by atoms with Crippen molar-refractivity contribution < 1.29 is 4.79 Å². The Morgan fingerprint density at radius 2 is 2.17 bits per heavy atom. The molecule has 0 fully saturated rings. The largest absolute Gasteiger partial charge is 0.384 e. The van der Waals surface area contributed by atoms with Gasteiger partial charge in [-0.15, -0.1) is 0 Å². The number of hydrogen-bond acceptors (Lipinski definition) is 2. The van der Waals surface area contributed by atoms with E-state index in [1.54, 1.807) is 0 Å². The lowest BCUT2D eigenvalue weighted by molar-refractivity contribution is -0.132. The first kappa shape index (κ1) is 12.9. The van der Waals surface area contributed by atoms with Crippen LogP contribution >= 0.6 is 0 Å². The molecule has 0 spiro atoms. The number of nitrogens with one attached hydrogen (secondary N) is 1. The highest BCUT2D eigenvalue weighted by molar-refractivity contribution is 5.88. The fourth-order valence-electron chi connectivity index (χ4n) is 2.50. The van der Waals surface area contributed by atoms with Crippen LogP contribution in [-0.2, 0) is 4.79 Å². The van der Waals surface area contributed by atoms with E-state index in [4.69, 9.17) is 0 Å². The Kier molecular flexibility index (Phi) is 4.24. The molecule has 0 bridgehead atoms. The van der Waals surface area contributed by atoms with Crippen molar-refractivity contribution in [3.8, 4) is 0 Å². The number of nitrogens with zero attached hydrogens (tertiary/aromatic N) is 1. The SMILES string of the molecule is CCCCN(CC)C(=O)C1CNc2ccccc21. The number of likely N-dealkylation sites (N-methyl/N-ethyl adjacent to an activating group) is 1. The molecule has 18 heavy (non-hydrogen) atoms. The lowest BCUT2D eigenvalue weighted by Gasteiger charge is -2.24. The summed E-state index contributed by atoms with van der Waals surface area (Å²) in [5.74, 6) is 0.265. The summed E-state index contributed by atoms with van der Waals surface area (Å²) in [5, 5.41) is 3.32. The molecular formula is C15H22N2O. The van der Waals surface area contributed by atoms with E-state index in [2.05, 4.69) is 25.2 Å². The van der Waals surface area contributed by atoms with Crippen LogP contribution in [-0.4, -0.2) is 30.4 Å². The van der Waals surface area contributed by atoms with Gasteiger partial charge in [0.1, 0.15) is 0 Å². The molecule has 0 saturated heterocycles. The van der Waals surface area contributed by atoms with Crippen molar-refractivity contribution in [2.75, 3.05) is 25.0 Å². The summed E-state index contributed by atoms with van der Waals surface area (Å²) in [6.07, 6.45) is 2.21. The van der Waals surface area contributed by atoms with E-state index in [0.717, 1.165) is 43.7 Å². The number of carbonyl (C=O) groups is 1. The van der Waals surface area contributed by atoms with Crippen LogP contribution in [0.4, 0.5) is 5.69 Å². The maximum atomic E-state index is 12.5. The molecule has 0 radical (unpaired) electrons. The molecular weight excluding hydrogens is 224 g/mol. The van der Waals surface area contributed by atoms with Crippen LogP contribution in [0.3, 0.4) is 0 Å². The van der Waals surface area contributed by atoms with Crippen LogP contribution in [0, 0.1) is 0 Å². The van der Waals surface area contributed by atoms with Gasteiger partial charge >= 0.3 is 0 Å². The Hall–Kier alpha value is -1.51. The van der Waals surface area contributed by atoms with Gasteiger partial charge in [-0.2, -0.15) is 0 Å². The molecule has 1 atom stereocenters. The number of carbonyl (C=O) groups excluding carboxylic acids is 1. The zero-order chi connectivity index (χ0) is 13.0. The second-order valence-corrected chi connectivity index (χ2v) is 4.79. The Balaban J connectivity index is 2.10. The van der Waals surface area contributed by atoms with Gasteiger partial charge in [-0.3, -0.25) is 4.79 Å². The molecule has 3 nitrogen and oxygen atoms in total. The molecule has 0 aliphatic carbocycles. The highest BCUT2D eigenvalue weighted by Gasteiger charge is 2.30. The summed E-state index contributed by atoms with van der Waals surface area (Å²) in [6, 6.07) is 8.12. The van der Waals surface area contributed by atoms with Gasteiger partial charge in [0.15, 0.2) is 0 Å². The van der Waals surface area contributed by atoms with Crippen molar-refractivity contribution in [2.24, 2.45) is 0 Å². The molecule has 1 aliphatic heterocycles. The molecule has 0 aromatic heterocycles. The summed E-state index contributed by atoms with van der Waals surface area (Å²) in [7, 11) is 0. The molecule has 1 aromatic carbocycles. The third-order valence-electron chi connectivity index (χ3n) is 3.61. The van der Waals surface area contributed by atoms with Crippen molar-refractivity contribution in [1.82, 2.24) is 4.90 Å². The predicted octanol–water partition coefficient (Wildman–Crippen LogP) is 2.84. The topological polar surface area (TPSA) is 32.3 Å².